The Labute approximate surface area is 141 Å². The fourth-order valence-electron chi connectivity index (χ4n) is 1.93. The number of nitrogens with one attached hydrogen (secondary N) is 1. The highest BCUT2D eigenvalue weighted by Gasteiger charge is 2.20. The largest absolute Gasteiger partial charge is 0.492 e. The summed E-state index contributed by atoms with van der Waals surface area (Å²) < 4.78 is 5.50. The molecule has 0 fully saturated rings. The Kier molecular flexibility index (Phi) is 7.85. The SMILES string of the molecule is CNC(=O)C[C@@H](C)N(C)C(=O)c1ccc(OCCCN)c(Cl)c1. The Morgan fingerprint density at radius 2 is 2.13 bits per heavy atom. The molecular weight excluding hydrogens is 318 g/mol. The molecule has 0 aliphatic heterocycles. The molecule has 0 aromatic heterocycles. The average Bonchev–Trinajstić information content (AvgIpc) is 2.54. The molecule has 0 aliphatic carbocycles. The van der Waals surface area contributed by atoms with Gasteiger partial charge in [0, 0.05) is 32.1 Å². The lowest BCUT2D eigenvalue weighted by atomic mass is 10.1. The number of benzene rings is 1. The zero-order valence-electron chi connectivity index (χ0n) is 13.8. The molecule has 23 heavy (non-hydrogen) atoms. The van der Waals surface area contributed by atoms with Gasteiger partial charge in [-0.3, -0.25) is 9.59 Å². The lowest BCUT2D eigenvalue weighted by Gasteiger charge is -2.24. The lowest BCUT2D eigenvalue weighted by Crippen LogP contribution is -2.38. The van der Waals surface area contributed by atoms with Gasteiger partial charge in [0.1, 0.15) is 5.75 Å². The van der Waals surface area contributed by atoms with Crippen molar-refractivity contribution in [3.8, 4) is 5.75 Å². The maximum atomic E-state index is 12.5. The zero-order chi connectivity index (χ0) is 17.4. The molecule has 0 heterocycles. The molecule has 0 unspecified atom stereocenters. The van der Waals surface area contributed by atoms with Crippen molar-refractivity contribution in [2.75, 3.05) is 27.2 Å². The fraction of sp³-hybridized carbons (Fsp3) is 0.500. The minimum Gasteiger partial charge on any atom is -0.492 e. The molecule has 0 saturated heterocycles. The van der Waals surface area contributed by atoms with Gasteiger partial charge in [0.2, 0.25) is 5.91 Å². The molecule has 1 rings (SSSR count). The molecule has 0 aliphatic rings. The van der Waals surface area contributed by atoms with Crippen LogP contribution >= 0.6 is 11.6 Å². The quantitative estimate of drug-likeness (QED) is 0.704. The Morgan fingerprint density at radius 3 is 2.70 bits per heavy atom. The zero-order valence-corrected chi connectivity index (χ0v) is 14.5. The van der Waals surface area contributed by atoms with Crippen LogP contribution in [-0.4, -0.2) is 50.0 Å². The smallest absolute Gasteiger partial charge is 0.253 e. The number of amides is 2. The van der Waals surface area contributed by atoms with E-state index in [4.69, 9.17) is 22.1 Å². The molecule has 0 spiro atoms. The fourth-order valence-corrected chi connectivity index (χ4v) is 2.16. The van der Waals surface area contributed by atoms with Crippen LogP contribution in [0.3, 0.4) is 0 Å². The number of carbonyl (C=O) groups is 2. The molecule has 0 radical (unpaired) electrons. The van der Waals surface area contributed by atoms with Crippen LogP contribution in [0.25, 0.3) is 0 Å². The third kappa shape index (κ3) is 5.73. The van der Waals surface area contributed by atoms with Crippen LogP contribution in [0.1, 0.15) is 30.1 Å². The predicted molar refractivity (Wildman–Crippen MR) is 90.9 cm³/mol. The summed E-state index contributed by atoms with van der Waals surface area (Å²) in [5, 5.41) is 2.92. The van der Waals surface area contributed by atoms with Crippen molar-refractivity contribution in [3.63, 3.8) is 0 Å². The van der Waals surface area contributed by atoms with Gasteiger partial charge in [-0.05, 0) is 38.1 Å². The van der Waals surface area contributed by atoms with Crippen LogP contribution < -0.4 is 15.8 Å². The van der Waals surface area contributed by atoms with Crippen LogP contribution in [0.15, 0.2) is 18.2 Å². The van der Waals surface area contributed by atoms with Gasteiger partial charge < -0.3 is 20.7 Å². The van der Waals surface area contributed by atoms with Crippen LogP contribution in [-0.2, 0) is 4.79 Å². The Hall–Kier alpha value is -1.79. The van der Waals surface area contributed by atoms with Gasteiger partial charge >= 0.3 is 0 Å². The second kappa shape index (κ2) is 9.37. The molecular formula is C16H24ClN3O3. The van der Waals surface area contributed by atoms with Crippen molar-refractivity contribution >= 4 is 23.4 Å². The van der Waals surface area contributed by atoms with Gasteiger partial charge in [-0.2, -0.15) is 0 Å². The summed E-state index contributed by atoms with van der Waals surface area (Å²) in [6.07, 6.45) is 0.976. The van der Waals surface area contributed by atoms with Crippen molar-refractivity contribution < 1.29 is 14.3 Å². The van der Waals surface area contributed by atoms with E-state index in [9.17, 15) is 9.59 Å². The number of carbonyl (C=O) groups excluding carboxylic acids is 2. The Bertz CT molecular complexity index is 551. The van der Waals surface area contributed by atoms with E-state index in [1.54, 1.807) is 32.3 Å². The van der Waals surface area contributed by atoms with Crippen molar-refractivity contribution in [2.45, 2.75) is 25.8 Å². The van der Waals surface area contributed by atoms with E-state index in [1.165, 1.54) is 4.90 Å². The Balaban J connectivity index is 2.75. The number of nitrogens with two attached hydrogens (primary N) is 1. The maximum Gasteiger partial charge on any atom is 0.253 e. The number of nitrogens with zero attached hydrogens (tertiary/aromatic N) is 1. The molecule has 2 amide bonds. The molecule has 7 heteroatoms. The number of hydrogen-bond donors (Lipinski definition) is 2. The summed E-state index contributed by atoms with van der Waals surface area (Å²) in [5.41, 5.74) is 5.86. The first-order valence-corrected chi connectivity index (χ1v) is 7.88. The van der Waals surface area contributed by atoms with E-state index in [2.05, 4.69) is 5.32 Å². The third-order valence-corrected chi connectivity index (χ3v) is 3.82. The first kappa shape index (κ1) is 19.3. The molecule has 1 aromatic carbocycles. The first-order valence-electron chi connectivity index (χ1n) is 7.50. The molecule has 0 saturated carbocycles. The van der Waals surface area contributed by atoms with Crippen LogP contribution in [0.4, 0.5) is 0 Å². The van der Waals surface area contributed by atoms with Gasteiger partial charge in [-0.15, -0.1) is 0 Å². The summed E-state index contributed by atoms with van der Waals surface area (Å²) in [7, 11) is 3.23. The van der Waals surface area contributed by atoms with Gasteiger partial charge in [0.05, 0.1) is 11.6 Å². The summed E-state index contributed by atoms with van der Waals surface area (Å²) >= 11 is 6.15. The summed E-state index contributed by atoms with van der Waals surface area (Å²) in [5.74, 6) is 0.216. The minimum absolute atomic E-state index is 0.112. The van der Waals surface area contributed by atoms with Crippen molar-refractivity contribution in [1.82, 2.24) is 10.2 Å². The van der Waals surface area contributed by atoms with Crippen LogP contribution in [0.2, 0.25) is 5.02 Å². The van der Waals surface area contributed by atoms with E-state index in [-0.39, 0.29) is 24.3 Å². The summed E-state index contributed by atoms with van der Waals surface area (Å²) in [6.45, 7) is 2.84. The molecule has 1 aromatic rings. The third-order valence-electron chi connectivity index (χ3n) is 3.53. The Morgan fingerprint density at radius 1 is 1.43 bits per heavy atom. The van der Waals surface area contributed by atoms with E-state index < -0.39 is 0 Å². The molecule has 128 valence electrons. The molecule has 0 bridgehead atoms. The van der Waals surface area contributed by atoms with Crippen molar-refractivity contribution in [2.24, 2.45) is 5.73 Å². The highest BCUT2D eigenvalue weighted by Crippen LogP contribution is 2.26. The van der Waals surface area contributed by atoms with Crippen LogP contribution in [0.5, 0.6) is 5.75 Å². The van der Waals surface area contributed by atoms with E-state index >= 15 is 0 Å². The molecule has 3 N–H and O–H groups in total. The van der Waals surface area contributed by atoms with Crippen molar-refractivity contribution in [3.05, 3.63) is 28.8 Å². The average molecular weight is 342 g/mol. The maximum absolute atomic E-state index is 12.5. The minimum atomic E-state index is -0.221. The summed E-state index contributed by atoms with van der Waals surface area (Å²) in [4.78, 5) is 25.4. The van der Waals surface area contributed by atoms with Gasteiger partial charge in [0.15, 0.2) is 0 Å². The van der Waals surface area contributed by atoms with Gasteiger partial charge in [-0.25, -0.2) is 0 Å². The van der Waals surface area contributed by atoms with Crippen molar-refractivity contribution in [1.29, 1.82) is 0 Å². The predicted octanol–water partition coefficient (Wildman–Crippen LogP) is 1.66. The first-order chi connectivity index (χ1) is 10.9. The number of rotatable bonds is 8. The van der Waals surface area contributed by atoms with Crippen LogP contribution in [0, 0.1) is 0 Å². The summed E-state index contributed by atoms with van der Waals surface area (Å²) in [6, 6.07) is 4.69. The lowest BCUT2D eigenvalue weighted by molar-refractivity contribution is -0.121. The highest BCUT2D eigenvalue weighted by atomic mass is 35.5. The number of halogens is 1. The monoisotopic (exact) mass is 341 g/mol. The topological polar surface area (TPSA) is 84.7 Å². The van der Waals surface area contributed by atoms with Gasteiger partial charge in [0.25, 0.3) is 5.91 Å². The molecule has 1 atom stereocenters. The highest BCUT2D eigenvalue weighted by molar-refractivity contribution is 6.32. The van der Waals surface area contributed by atoms with E-state index in [0.29, 0.717) is 29.5 Å². The second-order valence-corrected chi connectivity index (χ2v) is 5.69. The standard InChI is InChI=1S/C16H24ClN3O3/c1-11(9-15(21)19-2)20(3)16(22)12-5-6-14(13(17)10-12)23-8-4-7-18/h5-6,10-11H,4,7-9,18H2,1-3H3,(H,19,21)/t11-/m1/s1. The van der Waals surface area contributed by atoms with E-state index in [1.807, 2.05) is 6.92 Å². The van der Waals surface area contributed by atoms with E-state index in [0.717, 1.165) is 6.42 Å². The normalized spacial score (nSPS) is 11.7. The second-order valence-electron chi connectivity index (χ2n) is 5.28. The molecule has 6 nitrogen and oxygen atoms in total. The number of ether oxygens (including phenoxy) is 1. The van der Waals surface area contributed by atoms with Gasteiger partial charge in [-0.1, -0.05) is 11.6 Å². The number of hydrogen-bond acceptors (Lipinski definition) is 4.